The van der Waals surface area contributed by atoms with Crippen LogP contribution in [0.25, 0.3) is 10.8 Å². The predicted molar refractivity (Wildman–Crippen MR) is 111 cm³/mol. The standard InChI is InChI=1S/C23H28OS/c1-5-25(6-2,19-13-8-7-9-14-19)21-16-18-12-10-11-15-20(18)22(17(3)4)23(21)24/h7-17,24H,5-6H2,1-4H3. The highest BCUT2D eigenvalue weighted by Crippen LogP contribution is 2.65. The Balaban J connectivity index is 2.38. The number of hydrogen-bond acceptors (Lipinski definition) is 1. The van der Waals surface area contributed by atoms with Gasteiger partial charge < -0.3 is 5.11 Å². The lowest BCUT2D eigenvalue weighted by Crippen LogP contribution is -2.09. The molecule has 0 saturated heterocycles. The Bertz CT molecular complexity index is 864. The van der Waals surface area contributed by atoms with E-state index in [1.165, 1.54) is 15.7 Å². The molecule has 0 saturated carbocycles. The molecule has 1 nitrogen and oxygen atoms in total. The molecule has 0 bridgehead atoms. The summed E-state index contributed by atoms with van der Waals surface area (Å²) >= 11 is 0. The van der Waals surface area contributed by atoms with Crippen molar-refractivity contribution in [1.82, 2.24) is 0 Å². The molecular formula is C23H28OS. The number of fused-ring (bicyclic) bond motifs is 1. The molecule has 3 aromatic rings. The minimum absolute atomic E-state index is 0.284. The minimum atomic E-state index is -1.26. The van der Waals surface area contributed by atoms with Crippen LogP contribution in [0.5, 0.6) is 5.75 Å². The van der Waals surface area contributed by atoms with Crippen LogP contribution in [-0.2, 0) is 0 Å². The van der Waals surface area contributed by atoms with E-state index in [2.05, 4.69) is 88.4 Å². The van der Waals surface area contributed by atoms with Crippen LogP contribution in [0.4, 0.5) is 0 Å². The van der Waals surface area contributed by atoms with Crippen molar-refractivity contribution < 1.29 is 5.11 Å². The van der Waals surface area contributed by atoms with Crippen molar-refractivity contribution in [3.05, 3.63) is 66.2 Å². The van der Waals surface area contributed by atoms with Crippen molar-refractivity contribution in [3.8, 4) is 5.75 Å². The van der Waals surface area contributed by atoms with E-state index in [0.717, 1.165) is 22.0 Å². The molecule has 0 radical (unpaired) electrons. The summed E-state index contributed by atoms with van der Waals surface area (Å²) in [6, 6.07) is 21.4. The zero-order chi connectivity index (χ0) is 18.0. The second kappa shape index (κ2) is 7.13. The van der Waals surface area contributed by atoms with Crippen LogP contribution in [0.15, 0.2) is 70.5 Å². The fourth-order valence-corrected chi connectivity index (χ4v) is 7.34. The lowest BCUT2D eigenvalue weighted by molar-refractivity contribution is 0.453. The lowest BCUT2D eigenvalue weighted by Gasteiger charge is -2.40. The Morgan fingerprint density at radius 1 is 0.880 bits per heavy atom. The van der Waals surface area contributed by atoms with Gasteiger partial charge in [-0.1, -0.05) is 70.2 Å². The molecule has 0 heterocycles. The number of phenolic OH excluding ortho intramolecular Hbond substituents is 1. The Hall–Kier alpha value is -1.93. The van der Waals surface area contributed by atoms with Crippen molar-refractivity contribution in [1.29, 1.82) is 0 Å². The summed E-state index contributed by atoms with van der Waals surface area (Å²) in [6.45, 7) is 8.86. The molecule has 0 aliphatic carbocycles. The number of hydrogen-bond donors (Lipinski definition) is 1. The molecule has 0 atom stereocenters. The van der Waals surface area contributed by atoms with E-state index in [1.807, 2.05) is 0 Å². The maximum absolute atomic E-state index is 11.3. The molecule has 0 aliphatic rings. The average molecular weight is 353 g/mol. The summed E-state index contributed by atoms with van der Waals surface area (Å²) in [5.74, 6) is 2.87. The first-order chi connectivity index (χ1) is 12.0. The molecule has 0 aliphatic heterocycles. The van der Waals surface area contributed by atoms with E-state index in [4.69, 9.17) is 0 Å². The fourth-order valence-electron chi connectivity index (χ4n) is 3.88. The van der Waals surface area contributed by atoms with Crippen molar-refractivity contribution in [2.24, 2.45) is 0 Å². The van der Waals surface area contributed by atoms with Gasteiger partial charge in [-0.3, -0.25) is 0 Å². The summed E-state index contributed by atoms with van der Waals surface area (Å²) in [5.41, 5.74) is 1.09. The Kier molecular flexibility index (Phi) is 5.10. The van der Waals surface area contributed by atoms with Gasteiger partial charge in [0.05, 0.1) is 0 Å². The van der Waals surface area contributed by atoms with Gasteiger partial charge in [-0.25, -0.2) is 0 Å². The third-order valence-corrected chi connectivity index (χ3v) is 9.50. The minimum Gasteiger partial charge on any atom is -0.507 e. The second-order valence-electron chi connectivity index (χ2n) is 6.79. The van der Waals surface area contributed by atoms with Gasteiger partial charge in [-0.05, 0) is 51.3 Å². The Labute approximate surface area is 153 Å². The third-order valence-electron chi connectivity index (χ3n) is 5.20. The molecule has 2 heteroatoms. The first-order valence-electron chi connectivity index (χ1n) is 9.13. The normalized spacial score (nSPS) is 12.7. The van der Waals surface area contributed by atoms with Crippen LogP contribution < -0.4 is 0 Å². The molecule has 3 rings (SSSR count). The SMILES string of the molecule is CCS(CC)(c1ccccc1)c1cc2ccccc2c(C(C)C)c1O. The average Bonchev–Trinajstić information content (AvgIpc) is 2.64. The summed E-state index contributed by atoms with van der Waals surface area (Å²) in [5, 5.41) is 13.7. The maximum Gasteiger partial charge on any atom is 0.132 e. The molecule has 0 aromatic heterocycles. The molecule has 0 fully saturated rings. The predicted octanol–water partition coefficient (Wildman–Crippen LogP) is 6.93. The van der Waals surface area contributed by atoms with Crippen LogP contribution >= 0.6 is 10.0 Å². The number of aromatic hydroxyl groups is 1. The Morgan fingerprint density at radius 3 is 2.08 bits per heavy atom. The highest BCUT2D eigenvalue weighted by molar-refractivity contribution is 8.33. The molecule has 25 heavy (non-hydrogen) atoms. The van der Waals surface area contributed by atoms with Crippen molar-refractivity contribution >= 4 is 20.8 Å². The van der Waals surface area contributed by atoms with Gasteiger partial charge in [0.25, 0.3) is 0 Å². The van der Waals surface area contributed by atoms with Crippen LogP contribution in [0, 0.1) is 0 Å². The van der Waals surface area contributed by atoms with Crippen LogP contribution in [0.3, 0.4) is 0 Å². The zero-order valence-corrected chi connectivity index (χ0v) is 16.4. The van der Waals surface area contributed by atoms with Gasteiger partial charge in [0.2, 0.25) is 0 Å². The van der Waals surface area contributed by atoms with Crippen molar-refractivity contribution in [2.45, 2.75) is 43.4 Å². The highest BCUT2D eigenvalue weighted by Gasteiger charge is 2.30. The molecule has 0 spiro atoms. The van der Waals surface area contributed by atoms with E-state index >= 15 is 0 Å². The van der Waals surface area contributed by atoms with Crippen LogP contribution in [-0.4, -0.2) is 16.6 Å². The molecule has 132 valence electrons. The van der Waals surface area contributed by atoms with Crippen molar-refractivity contribution in [2.75, 3.05) is 11.5 Å². The quantitative estimate of drug-likeness (QED) is 0.528. The maximum atomic E-state index is 11.3. The van der Waals surface area contributed by atoms with Gasteiger partial charge in [-0.15, -0.1) is 0 Å². The first kappa shape index (κ1) is 17.9. The van der Waals surface area contributed by atoms with Crippen molar-refractivity contribution in [3.63, 3.8) is 0 Å². The smallest absolute Gasteiger partial charge is 0.132 e. The number of rotatable bonds is 5. The van der Waals surface area contributed by atoms with Crippen LogP contribution in [0.1, 0.15) is 39.2 Å². The molecular weight excluding hydrogens is 324 g/mol. The summed E-state index contributed by atoms with van der Waals surface area (Å²) < 4.78 is 0. The Morgan fingerprint density at radius 2 is 1.48 bits per heavy atom. The largest absolute Gasteiger partial charge is 0.507 e. The van der Waals surface area contributed by atoms with E-state index in [1.54, 1.807) is 0 Å². The topological polar surface area (TPSA) is 20.2 Å². The highest BCUT2D eigenvalue weighted by atomic mass is 32.3. The van der Waals surface area contributed by atoms with E-state index < -0.39 is 10.0 Å². The third kappa shape index (κ3) is 2.93. The lowest BCUT2D eigenvalue weighted by atomic mass is 9.95. The fraction of sp³-hybridized carbons (Fsp3) is 0.304. The summed E-state index contributed by atoms with van der Waals surface area (Å²) in [7, 11) is -1.26. The summed E-state index contributed by atoms with van der Waals surface area (Å²) in [6.07, 6.45) is 0. The van der Waals surface area contributed by atoms with Gasteiger partial charge in [0, 0.05) is 10.5 Å². The van der Waals surface area contributed by atoms with Crippen LogP contribution in [0.2, 0.25) is 0 Å². The number of phenols is 1. The van der Waals surface area contributed by atoms with E-state index in [-0.39, 0.29) is 5.92 Å². The van der Waals surface area contributed by atoms with E-state index in [0.29, 0.717) is 5.75 Å². The second-order valence-corrected chi connectivity index (χ2v) is 10.6. The van der Waals surface area contributed by atoms with Gasteiger partial charge in [0.1, 0.15) is 5.75 Å². The molecule has 0 unspecified atom stereocenters. The molecule has 1 N–H and O–H groups in total. The monoisotopic (exact) mass is 352 g/mol. The van der Waals surface area contributed by atoms with Gasteiger partial charge in [-0.2, -0.15) is 10.0 Å². The summed E-state index contributed by atoms with van der Waals surface area (Å²) in [4.78, 5) is 2.51. The van der Waals surface area contributed by atoms with Gasteiger partial charge in [0.15, 0.2) is 0 Å². The number of benzene rings is 3. The van der Waals surface area contributed by atoms with Gasteiger partial charge >= 0.3 is 0 Å². The molecule has 3 aromatic carbocycles. The zero-order valence-electron chi connectivity index (χ0n) is 15.6. The first-order valence-corrected chi connectivity index (χ1v) is 11.1. The van der Waals surface area contributed by atoms with E-state index in [9.17, 15) is 5.11 Å². The molecule has 0 amide bonds.